The summed E-state index contributed by atoms with van der Waals surface area (Å²) in [6.07, 6.45) is 0.527. The number of halogens is 3. The van der Waals surface area contributed by atoms with E-state index in [1.54, 1.807) is 12.1 Å². The van der Waals surface area contributed by atoms with Crippen molar-refractivity contribution < 1.29 is 4.39 Å². The fourth-order valence-corrected chi connectivity index (χ4v) is 2.32. The maximum Gasteiger partial charge on any atom is 0.123 e. The van der Waals surface area contributed by atoms with Crippen molar-refractivity contribution in [3.05, 3.63) is 69.5 Å². The van der Waals surface area contributed by atoms with Crippen LogP contribution in [0.15, 0.2) is 42.5 Å². The zero-order valence-electron chi connectivity index (χ0n) is 10.0. The second-order valence-corrected chi connectivity index (χ2v) is 4.98. The summed E-state index contributed by atoms with van der Waals surface area (Å²) < 4.78 is 13.2. The quantitative estimate of drug-likeness (QED) is 0.664. The molecule has 1 atom stereocenters. The SMILES string of the molecule is NNC(Cc1cccc(Cl)c1Cl)c1cccc(F)c1. The summed E-state index contributed by atoms with van der Waals surface area (Å²) in [4.78, 5) is 0. The van der Waals surface area contributed by atoms with E-state index in [1.165, 1.54) is 12.1 Å². The number of rotatable bonds is 4. The van der Waals surface area contributed by atoms with Gasteiger partial charge in [0.2, 0.25) is 0 Å². The first-order valence-electron chi connectivity index (χ1n) is 5.76. The minimum absolute atomic E-state index is 0.230. The Labute approximate surface area is 121 Å². The van der Waals surface area contributed by atoms with E-state index in [-0.39, 0.29) is 11.9 Å². The van der Waals surface area contributed by atoms with Gasteiger partial charge < -0.3 is 0 Å². The summed E-state index contributed by atoms with van der Waals surface area (Å²) in [6.45, 7) is 0. The van der Waals surface area contributed by atoms with Crippen molar-refractivity contribution in [1.82, 2.24) is 5.43 Å². The Kier molecular flexibility index (Phi) is 4.77. The van der Waals surface area contributed by atoms with Gasteiger partial charge in [-0.15, -0.1) is 0 Å². The topological polar surface area (TPSA) is 38.0 Å². The van der Waals surface area contributed by atoms with Crippen LogP contribution in [-0.4, -0.2) is 0 Å². The lowest BCUT2D eigenvalue weighted by molar-refractivity contribution is 0.544. The summed E-state index contributed by atoms with van der Waals surface area (Å²) in [5.41, 5.74) is 4.30. The van der Waals surface area contributed by atoms with E-state index < -0.39 is 0 Å². The second kappa shape index (κ2) is 6.35. The standard InChI is InChI=1S/C14H13Cl2FN2/c15-12-6-2-4-10(14(12)16)8-13(19-18)9-3-1-5-11(17)7-9/h1-7,13,19H,8,18H2. The molecule has 2 rings (SSSR count). The van der Waals surface area contributed by atoms with E-state index in [2.05, 4.69) is 5.43 Å². The van der Waals surface area contributed by atoms with E-state index in [0.29, 0.717) is 16.5 Å². The molecule has 0 aliphatic carbocycles. The molecular weight excluding hydrogens is 286 g/mol. The largest absolute Gasteiger partial charge is 0.271 e. The summed E-state index contributed by atoms with van der Waals surface area (Å²) >= 11 is 12.1. The van der Waals surface area contributed by atoms with Crippen molar-refractivity contribution in [2.75, 3.05) is 0 Å². The Balaban J connectivity index is 2.26. The van der Waals surface area contributed by atoms with Crippen LogP contribution in [0.25, 0.3) is 0 Å². The lowest BCUT2D eigenvalue weighted by Gasteiger charge is -2.17. The Bertz CT molecular complexity index is 575. The van der Waals surface area contributed by atoms with Crippen LogP contribution < -0.4 is 11.3 Å². The van der Waals surface area contributed by atoms with Gasteiger partial charge in [0, 0.05) is 0 Å². The van der Waals surface area contributed by atoms with Gasteiger partial charge in [0.05, 0.1) is 16.1 Å². The van der Waals surface area contributed by atoms with Crippen LogP contribution in [-0.2, 0) is 6.42 Å². The minimum Gasteiger partial charge on any atom is -0.271 e. The number of hydrogen-bond donors (Lipinski definition) is 2. The summed E-state index contributed by atoms with van der Waals surface area (Å²) in [5.74, 6) is 5.25. The van der Waals surface area contributed by atoms with Gasteiger partial charge in [-0.05, 0) is 35.7 Å². The first kappa shape index (κ1) is 14.3. The van der Waals surface area contributed by atoms with Crippen LogP contribution in [0.5, 0.6) is 0 Å². The predicted molar refractivity (Wildman–Crippen MR) is 76.6 cm³/mol. The molecule has 2 aromatic rings. The Morgan fingerprint density at radius 3 is 2.58 bits per heavy atom. The number of nitrogens with two attached hydrogens (primary N) is 1. The van der Waals surface area contributed by atoms with Crippen LogP contribution in [0.4, 0.5) is 4.39 Å². The van der Waals surface area contributed by atoms with Gasteiger partial charge in [-0.1, -0.05) is 47.5 Å². The predicted octanol–water partition coefficient (Wildman–Crippen LogP) is 3.88. The van der Waals surface area contributed by atoms with Gasteiger partial charge in [0.15, 0.2) is 0 Å². The van der Waals surface area contributed by atoms with Gasteiger partial charge in [0.25, 0.3) is 0 Å². The van der Waals surface area contributed by atoms with Crippen molar-refractivity contribution in [2.24, 2.45) is 5.84 Å². The van der Waals surface area contributed by atoms with Crippen LogP contribution >= 0.6 is 23.2 Å². The molecule has 1 unspecified atom stereocenters. The van der Waals surface area contributed by atoms with Gasteiger partial charge in [0.1, 0.15) is 5.82 Å². The van der Waals surface area contributed by atoms with Crippen LogP contribution in [0.3, 0.4) is 0 Å². The average Bonchev–Trinajstić information content (AvgIpc) is 2.40. The maximum atomic E-state index is 13.2. The zero-order chi connectivity index (χ0) is 13.8. The molecule has 0 amide bonds. The van der Waals surface area contributed by atoms with Crippen molar-refractivity contribution >= 4 is 23.2 Å². The summed E-state index contributed by atoms with van der Waals surface area (Å²) in [6, 6.07) is 11.5. The highest BCUT2D eigenvalue weighted by molar-refractivity contribution is 6.42. The number of hydrazine groups is 1. The van der Waals surface area contributed by atoms with E-state index in [0.717, 1.165) is 11.1 Å². The molecule has 0 spiro atoms. The molecule has 0 radical (unpaired) electrons. The Morgan fingerprint density at radius 1 is 1.16 bits per heavy atom. The zero-order valence-corrected chi connectivity index (χ0v) is 11.5. The normalized spacial score (nSPS) is 12.4. The molecule has 3 N–H and O–H groups in total. The third kappa shape index (κ3) is 3.45. The van der Waals surface area contributed by atoms with Gasteiger partial charge in [-0.2, -0.15) is 0 Å². The molecule has 0 bridgehead atoms. The lowest BCUT2D eigenvalue weighted by atomic mass is 9.99. The van der Waals surface area contributed by atoms with Gasteiger partial charge in [-0.25, -0.2) is 4.39 Å². The molecule has 0 aromatic heterocycles. The number of benzene rings is 2. The van der Waals surface area contributed by atoms with Crippen LogP contribution in [0.1, 0.15) is 17.2 Å². The van der Waals surface area contributed by atoms with E-state index >= 15 is 0 Å². The molecule has 0 saturated carbocycles. The second-order valence-electron chi connectivity index (χ2n) is 4.19. The smallest absolute Gasteiger partial charge is 0.123 e. The monoisotopic (exact) mass is 298 g/mol. The van der Waals surface area contributed by atoms with Gasteiger partial charge in [-0.3, -0.25) is 11.3 Å². The number of nitrogens with one attached hydrogen (secondary N) is 1. The fourth-order valence-electron chi connectivity index (χ4n) is 1.92. The fraction of sp³-hybridized carbons (Fsp3) is 0.143. The molecule has 0 fully saturated rings. The molecule has 19 heavy (non-hydrogen) atoms. The van der Waals surface area contributed by atoms with Gasteiger partial charge >= 0.3 is 0 Å². The molecular formula is C14H13Cl2FN2. The van der Waals surface area contributed by atoms with Crippen molar-refractivity contribution in [3.8, 4) is 0 Å². The minimum atomic E-state index is -0.296. The molecule has 0 aliphatic rings. The third-order valence-corrected chi connectivity index (χ3v) is 3.77. The molecule has 2 nitrogen and oxygen atoms in total. The molecule has 0 saturated heterocycles. The molecule has 0 heterocycles. The summed E-state index contributed by atoms with van der Waals surface area (Å²) in [5, 5.41) is 0.995. The number of hydrogen-bond acceptors (Lipinski definition) is 2. The Morgan fingerprint density at radius 2 is 1.89 bits per heavy atom. The summed E-state index contributed by atoms with van der Waals surface area (Å²) in [7, 11) is 0. The van der Waals surface area contributed by atoms with E-state index in [9.17, 15) is 4.39 Å². The first-order chi connectivity index (χ1) is 9.11. The first-order valence-corrected chi connectivity index (χ1v) is 6.52. The molecule has 100 valence electrons. The van der Waals surface area contributed by atoms with Crippen molar-refractivity contribution in [2.45, 2.75) is 12.5 Å². The van der Waals surface area contributed by atoms with E-state index in [1.807, 2.05) is 18.2 Å². The van der Waals surface area contributed by atoms with Crippen molar-refractivity contribution in [3.63, 3.8) is 0 Å². The highest BCUT2D eigenvalue weighted by atomic mass is 35.5. The lowest BCUT2D eigenvalue weighted by Crippen LogP contribution is -2.29. The molecule has 2 aromatic carbocycles. The maximum absolute atomic E-state index is 13.2. The van der Waals surface area contributed by atoms with Crippen LogP contribution in [0.2, 0.25) is 10.0 Å². The molecule has 0 aliphatic heterocycles. The molecule has 5 heteroatoms. The highest BCUT2D eigenvalue weighted by Crippen LogP contribution is 2.29. The highest BCUT2D eigenvalue weighted by Gasteiger charge is 2.14. The van der Waals surface area contributed by atoms with Crippen molar-refractivity contribution in [1.29, 1.82) is 0 Å². The van der Waals surface area contributed by atoms with Crippen LogP contribution in [0, 0.1) is 5.82 Å². The third-order valence-electron chi connectivity index (χ3n) is 2.91. The average molecular weight is 299 g/mol. The van der Waals surface area contributed by atoms with E-state index in [4.69, 9.17) is 29.0 Å². The Hall–Kier alpha value is -1.13.